The highest BCUT2D eigenvalue weighted by Crippen LogP contribution is 2.29. The number of rotatable bonds is 4. The van der Waals surface area contributed by atoms with E-state index in [9.17, 15) is 14.4 Å². The maximum atomic E-state index is 13.1. The zero-order valence-corrected chi connectivity index (χ0v) is 18.4. The Balaban J connectivity index is 1.22. The monoisotopic (exact) mass is 452 g/mol. The molecule has 2 fully saturated rings. The summed E-state index contributed by atoms with van der Waals surface area (Å²) in [4.78, 5) is 44.6. The van der Waals surface area contributed by atoms with Gasteiger partial charge in [-0.3, -0.25) is 14.2 Å². The van der Waals surface area contributed by atoms with Gasteiger partial charge in [0.15, 0.2) is 0 Å². The Hall–Kier alpha value is -3.06. The maximum absolute atomic E-state index is 13.1. The van der Waals surface area contributed by atoms with Gasteiger partial charge in [0.2, 0.25) is 11.8 Å². The van der Waals surface area contributed by atoms with Gasteiger partial charge >= 0.3 is 5.69 Å². The van der Waals surface area contributed by atoms with Crippen LogP contribution >= 0.6 is 11.6 Å². The van der Waals surface area contributed by atoms with Gasteiger partial charge in [-0.15, -0.1) is 0 Å². The Morgan fingerprint density at radius 3 is 2.53 bits per heavy atom. The molecule has 0 saturated carbocycles. The van der Waals surface area contributed by atoms with Crippen LogP contribution in [-0.2, 0) is 16.1 Å². The number of hydrogen-bond donors (Lipinski definition) is 1. The molecule has 8 heteroatoms. The summed E-state index contributed by atoms with van der Waals surface area (Å²) in [7, 11) is 0. The molecular formula is C24H25ClN4O3. The Morgan fingerprint density at radius 2 is 1.75 bits per heavy atom. The molecule has 166 valence electrons. The van der Waals surface area contributed by atoms with Crippen molar-refractivity contribution in [3.63, 3.8) is 0 Å². The Morgan fingerprint density at radius 1 is 1.03 bits per heavy atom. The molecule has 3 aromatic rings. The molecule has 2 aliphatic rings. The molecule has 1 aromatic heterocycles. The van der Waals surface area contributed by atoms with Gasteiger partial charge in [0.25, 0.3) is 0 Å². The number of hydrogen-bond acceptors (Lipinski definition) is 3. The number of fused-ring (bicyclic) bond motifs is 1. The van der Waals surface area contributed by atoms with E-state index < -0.39 is 0 Å². The first-order valence-corrected chi connectivity index (χ1v) is 11.4. The number of nitrogens with one attached hydrogen (secondary N) is 1. The van der Waals surface area contributed by atoms with Crippen LogP contribution in [0.5, 0.6) is 0 Å². The zero-order chi connectivity index (χ0) is 22.2. The summed E-state index contributed by atoms with van der Waals surface area (Å²) in [6.45, 7) is 2.02. The topological polar surface area (TPSA) is 78.4 Å². The van der Waals surface area contributed by atoms with Crippen LogP contribution < -0.4 is 5.69 Å². The Kier molecular flexibility index (Phi) is 5.51. The maximum Gasteiger partial charge on any atom is 0.326 e. The van der Waals surface area contributed by atoms with E-state index in [1.54, 1.807) is 4.90 Å². The highest BCUT2D eigenvalue weighted by atomic mass is 35.5. The first kappa shape index (κ1) is 20.8. The molecule has 0 radical (unpaired) electrons. The largest absolute Gasteiger partial charge is 0.342 e. The minimum absolute atomic E-state index is 0.0106. The number of piperidine rings is 1. The molecule has 2 saturated heterocycles. The number of carbonyl (C=O) groups is 2. The van der Waals surface area contributed by atoms with Crippen LogP contribution in [0.3, 0.4) is 0 Å². The third kappa shape index (κ3) is 3.81. The molecule has 0 spiro atoms. The quantitative estimate of drug-likeness (QED) is 0.660. The summed E-state index contributed by atoms with van der Waals surface area (Å²) >= 11 is 6.23. The molecule has 3 heterocycles. The lowest BCUT2D eigenvalue weighted by Gasteiger charge is -2.34. The van der Waals surface area contributed by atoms with E-state index >= 15 is 0 Å². The van der Waals surface area contributed by atoms with Crippen LogP contribution in [0.1, 0.15) is 30.9 Å². The molecular weight excluding hydrogens is 428 g/mol. The van der Waals surface area contributed by atoms with Crippen molar-refractivity contribution in [2.24, 2.45) is 5.92 Å². The molecule has 0 unspecified atom stereocenters. The summed E-state index contributed by atoms with van der Waals surface area (Å²) in [6.07, 6.45) is 1.68. The van der Waals surface area contributed by atoms with Crippen molar-refractivity contribution < 1.29 is 9.59 Å². The molecule has 1 N–H and O–H groups in total. The molecule has 7 nitrogen and oxygen atoms in total. The molecule has 0 bridgehead atoms. The minimum atomic E-state index is -0.322. The predicted octanol–water partition coefficient (Wildman–Crippen LogP) is 3.20. The van der Waals surface area contributed by atoms with E-state index in [0.29, 0.717) is 31.2 Å². The second-order valence-corrected chi connectivity index (χ2v) is 9.05. The van der Waals surface area contributed by atoms with Gasteiger partial charge in [-0.05, 0) is 36.6 Å². The summed E-state index contributed by atoms with van der Waals surface area (Å²) in [5, 5.41) is 0.629. The predicted molar refractivity (Wildman–Crippen MR) is 122 cm³/mol. The van der Waals surface area contributed by atoms with Gasteiger partial charge in [0.1, 0.15) is 0 Å². The minimum Gasteiger partial charge on any atom is -0.342 e. The van der Waals surface area contributed by atoms with E-state index in [0.717, 1.165) is 29.4 Å². The number of imidazole rings is 1. The molecule has 1 atom stereocenters. The molecule has 0 aliphatic carbocycles. The second-order valence-electron chi connectivity index (χ2n) is 8.64. The van der Waals surface area contributed by atoms with Gasteiger partial charge in [0, 0.05) is 43.7 Å². The lowest BCUT2D eigenvalue weighted by Crippen LogP contribution is -2.43. The summed E-state index contributed by atoms with van der Waals surface area (Å²) in [5.41, 5.74) is 2.52. The fourth-order valence-corrected chi connectivity index (χ4v) is 5.16. The van der Waals surface area contributed by atoms with Gasteiger partial charge in [-0.2, -0.15) is 0 Å². The Labute approximate surface area is 190 Å². The summed E-state index contributed by atoms with van der Waals surface area (Å²) in [5.74, 6) is -0.300. The molecule has 2 aliphatic heterocycles. The normalized spacial score (nSPS) is 19.8. The van der Waals surface area contributed by atoms with Crippen molar-refractivity contribution >= 4 is 34.4 Å². The summed E-state index contributed by atoms with van der Waals surface area (Å²) in [6, 6.07) is 15.2. The van der Waals surface area contributed by atoms with Gasteiger partial charge in [-0.1, -0.05) is 41.9 Å². The van der Waals surface area contributed by atoms with E-state index in [2.05, 4.69) is 4.98 Å². The average molecular weight is 453 g/mol. The van der Waals surface area contributed by atoms with E-state index in [-0.39, 0.29) is 35.9 Å². The van der Waals surface area contributed by atoms with Gasteiger partial charge < -0.3 is 14.8 Å². The number of aromatic amines is 1. The average Bonchev–Trinajstić information content (AvgIpc) is 3.33. The van der Waals surface area contributed by atoms with E-state index in [1.807, 2.05) is 58.0 Å². The first-order chi connectivity index (χ1) is 15.5. The van der Waals surface area contributed by atoms with Crippen molar-refractivity contribution in [3.05, 3.63) is 69.6 Å². The van der Waals surface area contributed by atoms with Crippen LogP contribution in [0, 0.1) is 5.92 Å². The molecule has 2 amide bonds. The lowest BCUT2D eigenvalue weighted by molar-refractivity contribution is -0.137. The van der Waals surface area contributed by atoms with Crippen LogP contribution in [0.25, 0.3) is 11.0 Å². The fourth-order valence-electron chi connectivity index (χ4n) is 4.96. The number of para-hydroxylation sites is 2. The lowest BCUT2D eigenvalue weighted by atomic mass is 10.0. The highest BCUT2D eigenvalue weighted by molar-refractivity contribution is 6.31. The van der Waals surface area contributed by atoms with Crippen LogP contribution in [0.4, 0.5) is 0 Å². The number of aromatic nitrogens is 2. The van der Waals surface area contributed by atoms with Crippen molar-refractivity contribution in [2.75, 3.05) is 19.6 Å². The summed E-state index contributed by atoms with van der Waals surface area (Å²) < 4.78 is 1.82. The van der Waals surface area contributed by atoms with Crippen LogP contribution in [0.2, 0.25) is 5.02 Å². The fraction of sp³-hybridized carbons (Fsp3) is 0.375. The van der Waals surface area contributed by atoms with Crippen molar-refractivity contribution in [1.82, 2.24) is 19.4 Å². The van der Waals surface area contributed by atoms with E-state index in [1.165, 1.54) is 0 Å². The number of likely N-dealkylation sites (tertiary alicyclic amines) is 2. The standard InChI is InChI=1S/C24H25ClN4O3/c25-19-6-2-1-5-16(19)14-28-15-17(13-22(28)30)23(31)27-11-9-18(10-12-27)29-21-8-4-3-7-20(21)26-24(29)32/h1-8,17-18H,9-15H2,(H,26,32)/t17-/m0/s1. The molecule has 32 heavy (non-hydrogen) atoms. The number of benzene rings is 2. The van der Waals surface area contributed by atoms with E-state index in [4.69, 9.17) is 11.6 Å². The number of amides is 2. The first-order valence-electron chi connectivity index (χ1n) is 11.0. The Bertz CT molecular complexity index is 1230. The third-order valence-electron chi connectivity index (χ3n) is 6.65. The van der Waals surface area contributed by atoms with Crippen LogP contribution in [-0.4, -0.2) is 50.8 Å². The third-order valence-corrected chi connectivity index (χ3v) is 7.02. The number of halogens is 1. The van der Waals surface area contributed by atoms with Crippen LogP contribution in [0.15, 0.2) is 53.3 Å². The smallest absolute Gasteiger partial charge is 0.326 e. The number of H-pyrrole nitrogens is 1. The molecule has 5 rings (SSSR count). The van der Waals surface area contributed by atoms with Gasteiger partial charge in [0.05, 0.1) is 17.0 Å². The zero-order valence-electron chi connectivity index (χ0n) is 17.7. The highest BCUT2D eigenvalue weighted by Gasteiger charge is 2.38. The van der Waals surface area contributed by atoms with Gasteiger partial charge in [-0.25, -0.2) is 4.79 Å². The second kappa shape index (κ2) is 8.47. The molecule has 2 aromatic carbocycles. The number of nitrogens with zero attached hydrogens (tertiary/aromatic N) is 3. The number of carbonyl (C=O) groups excluding carboxylic acids is 2. The SMILES string of the molecule is O=C1C[C@H](C(=O)N2CCC(n3c(=O)[nH]c4ccccc43)CC2)CN1Cc1ccccc1Cl. The van der Waals surface area contributed by atoms with Crippen molar-refractivity contribution in [3.8, 4) is 0 Å². The van der Waals surface area contributed by atoms with Crippen molar-refractivity contribution in [2.45, 2.75) is 31.8 Å². The van der Waals surface area contributed by atoms with Crippen molar-refractivity contribution in [1.29, 1.82) is 0 Å².